The predicted octanol–water partition coefficient (Wildman–Crippen LogP) is 8.06. The Morgan fingerprint density at radius 2 is 1.83 bits per heavy atom. The van der Waals surface area contributed by atoms with Crippen LogP contribution in [0.2, 0.25) is 0 Å². The molecule has 10 heteroatoms. The summed E-state index contributed by atoms with van der Waals surface area (Å²) >= 11 is 1.65. The fraction of sp³-hybridized carbons (Fsp3) is 0.167. The monoisotopic (exact) mass is 629 g/mol. The van der Waals surface area contributed by atoms with Gasteiger partial charge in [0, 0.05) is 17.1 Å². The number of aryl methyl sites for hydroxylation is 2. The number of thiazole rings is 1. The van der Waals surface area contributed by atoms with Crippen molar-refractivity contribution in [2.45, 2.75) is 33.5 Å². The number of benzene rings is 3. The standard InChI is InChI=1S/C36H31N5O4S/c1-4-34-38-29(23-46-34)15-14-28-20-41(30-11-6-5-7-12-30)40-36(28)44-21-26-13-16-32(33(18-26)42-3)43-22-31-24(2)45-35(39-31)27-10-8-9-25(17-27)19-37/h5-18,20,23H,4,21-22H2,1-3H3. The Morgan fingerprint density at radius 3 is 2.61 bits per heavy atom. The molecule has 6 aromatic rings. The highest BCUT2D eigenvalue weighted by atomic mass is 32.1. The Balaban J connectivity index is 1.16. The second kappa shape index (κ2) is 14.0. The van der Waals surface area contributed by atoms with Gasteiger partial charge in [0.15, 0.2) is 11.5 Å². The third-order valence-corrected chi connectivity index (χ3v) is 8.14. The third kappa shape index (κ3) is 7.01. The number of nitrogens with zero attached hydrogens (tertiary/aromatic N) is 5. The van der Waals surface area contributed by atoms with Crippen LogP contribution in [0.5, 0.6) is 17.4 Å². The maximum Gasteiger partial charge on any atom is 0.240 e. The summed E-state index contributed by atoms with van der Waals surface area (Å²) in [7, 11) is 1.60. The lowest BCUT2D eigenvalue weighted by molar-refractivity contribution is 0.275. The number of oxazole rings is 1. The van der Waals surface area contributed by atoms with Gasteiger partial charge in [-0.05, 0) is 73.5 Å². The van der Waals surface area contributed by atoms with Crippen molar-refractivity contribution >= 4 is 23.5 Å². The number of rotatable bonds is 12. The van der Waals surface area contributed by atoms with E-state index in [9.17, 15) is 5.26 Å². The Bertz CT molecular complexity index is 2020. The summed E-state index contributed by atoms with van der Waals surface area (Å²) in [5.74, 6) is 2.71. The second-order valence-electron chi connectivity index (χ2n) is 10.3. The molecule has 0 amide bonds. The average molecular weight is 630 g/mol. The van der Waals surface area contributed by atoms with Gasteiger partial charge in [-0.3, -0.25) is 0 Å². The number of para-hydroxylation sites is 1. The number of hydrogen-bond donors (Lipinski definition) is 0. The SMILES string of the molecule is CCc1nc(C=Cc2cn(-c3ccccc3)nc2OCc2ccc(OCc3nc(-c4cccc(C#N)c4)oc3C)c(OC)c2)cs1. The average Bonchev–Trinajstić information content (AvgIpc) is 3.84. The zero-order chi connectivity index (χ0) is 31.9. The zero-order valence-electron chi connectivity index (χ0n) is 25.6. The third-order valence-electron chi connectivity index (χ3n) is 7.13. The van der Waals surface area contributed by atoms with Crippen LogP contribution in [0.3, 0.4) is 0 Å². The molecule has 0 radical (unpaired) electrons. The minimum absolute atomic E-state index is 0.185. The van der Waals surface area contributed by atoms with Crippen molar-refractivity contribution in [1.29, 1.82) is 5.26 Å². The van der Waals surface area contributed by atoms with Crippen LogP contribution in [-0.2, 0) is 19.6 Å². The van der Waals surface area contributed by atoms with E-state index >= 15 is 0 Å². The molecule has 0 atom stereocenters. The highest BCUT2D eigenvalue weighted by Gasteiger charge is 2.15. The number of aromatic nitrogens is 4. The van der Waals surface area contributed by atoms with Crippen LogP contribution in [0.25, 0.3) is 29.3 Å². The van der Waals surface area contributed by atoms with E-state index in [0.717, 1.165) is 39.5 Å². The number of methoxy groups -OCH3 is 1. The predicted molar refractivity (Wildman–Crippen MR) is 177 cm³/mol. The molecule has 0 N–H and O–H groups in total. The fourth-order valence-corrected chi connectivity index (χ4v) is 5.39. The Morgan fingerprint density at radius 1 is 0.957 bits per heavy atom. The molecular formula is C36H31N5O4S. The Hall–Kier alpha value is -5.66. The van der Waals surface area contributed by atoms with E-state index in [-0.39, 0.29) is 13.2 Å². The van der Waals surface area contributed by atoms with Crippen LogP contribution < -0.4 is 14.2 Å². The fourth-order valence-electron chi connectivity index (χ4n) is 4.68. The number of hydrogen-bond acceptors (Lipinski definition) is 9. The molecule has 0 aliphatic carbocycles. The molecule has 0 aliphatic heterocycles. The topological polar surface area (TPSA) is 108 Å². The molecule has 46 heavy (non-hydrogen) atoms. The molecule has 3 heterocycles. The van der Waals surface area contributed by atoms with Crippen molar-refractivity contribution in [2.24, 2.45) is 0 Å². The van der Waals surface area contributed by atoms with E-state index in [4.69, 9.17) is 23.7 Å². The summed E-state index contributed by atoms with van der Waals surface area (Å²) in [6.45, 7) is 4.39. The van der Waals surface area contributed by atoms with Gasteiger partial charge in [-0.1, -0.05) is 37.3 Å². The van der Waals surface area contributed by atoms with Crippen LogP contribution in [0.1, 0.15) is 45.8 Å². The molecular weight excluding hydrogens is 598 g/mol. The molecule has 0 saturated carbocycles. The van der Waals surface area contributed by atoms with Crippen molar-refractivity contribution in [3.05, 3.63) is 123 Å². The van der Waals surface area contributed by atoms with Gasteiger partial charge in [-0.25, -0.2) is 14.6 Å². The summed E-state index contributed by atoms with van der Waals surface area (Å²) in [6.07, 6.45) is 6.81. The van der Waals surface area contributed by atoms with Crippen LogP contribution in [0.15, 0.2) is 88.8 Å². The second-order valence-corrected chi connectivity index (χ2v) is 11.2. The van der Waals surface area contributed by atoms with Gasteiger partial charge in [-0.15, -0.1) is 16.4 Å². The van der Waals surface area contributed by atoms with Crippen molar-refractivity contribution in [3.8, 4) is 40.6 Å². The smallest absolute Gasteiger partial charge is 0.240 e. The van der Waals surface area contributed by atoms with E-state index in [1.165, 1.54) is 0 Å². The minimum Gasteiger partial charge on any atom is -0.493 e. The van der Waals surface area contributed by atoms with Gasteiger partial charge < -0.3 is 18.6 Å². The van der Waals surface area contributed by atoms with Gasteiger partial charge in [0.1, 0.15) is 24.7 Å². The van der Waals surface area contributed by atoms with Gasteiger partial charge in [0.2, 0.25) is 11.8 Å². The van der Waals surface area contributed by atoms with E-state index in [1.807, 2.05) is 89.9 Å². The molecule has 0 bridgehead atoms. The first-order valence-corrected chi connectivity index (χ1v) is 15.6. The number of nitriles is 1. The van der Waals surface area contributed by atoms with Crippen LogP contribution in [-0.4, -0.2) is 26.9 Å². The van der Waals surface area contributed by atoms with Gasteiger partial charge in [0.25, 0.3) is 0 Å². The van der Waals surface area contributed by atoms with Crippen LogP contribution in [0, 0.1) is 18.3 Å². The molecule has 9 nitrogen and oxygen atoms in total. The Labute approximate surface area is 271 Å². The molecule has 0 aliphatic rings. The van der Waals surface area contributed by atoms with Crippen molar-refractivity contribution in [1.82, 2.24) is 19.7 Å². The largest absolute Gasteiger partial charge is 0.493 e. The summed E-state index contributed by atoms with van der Waals surface area (Å²) in [5.41, 5.74) is 5.49. The van der Waals surface area contributed by atoms with Gasteiger partial charge in [0.05, 0.1) is 40.7 Å². The van der Waals surface area contributed by atoms with Crippen LogP contribution in [0.4, 0.5) is 0 Å². The van der Waals surface area contributed by atoms with E-state index in [2.05, 4.69) is 23.0 Å². The highest BCUT2D eigenvalue weighted by Crippen LogP contribution is 2.31. The summed E-state index contributed by atoms with van der Waals surface area (Å²) < 4.78 is 25.7. The van der Waals surface area contributed by atoms with Gasteiger partial charge >= 0.3 is 0 Å². The van der Waals surface area contributed by atoms with E-state index in [1.54, 1.807) is 36.6 Å². The lowest BCUT2D eigenvalue weighted by Gasteiger charge is -2.12. The minimum atomic E-state index is 0.185. The first-order valence-electron chi connectivity index (χ1n) is 14.7. The lowest BCUT2D eigenvalue weighted by atomic mass is 10.1. The van der Waals surface area contributed by atoms with Gasteiger partial charge in [-0.2, -0.15) is 5.26 Å². The molecule has 0 fully saturated rings. The zero-order valence-corrected chi connectivity index (χ0v) is 26.5. The molecule has 0 unspecified atom stereocenters. The quantitative estimate of drug-likeness (QED) is 0.134. The first kappa shape index (κ1) is 30.4. The molecule has 3 aromatic carbocycles. The van der Waals surface area contributed by atoms with E-state index in [0.29, 0.717) is 40.3 Å². The van der Waals surface area contributed by atoms with Crippen molar-refractivity contribution < 1.29 is 18.6 Å². The number of ether oxygens (including phenoxy) is 3. The maximum absolute atomic E-state index is 9.22. The molecule has 6 rings (SSSR count). The Kier molecular flexibility index (Phi) is 9.22. The van der Waals surface area contributed by atoms with E-state index < -0.39 is 0 Å². The van der Waals surface area contributed by atoms with Crippen molar-refractivity contribution in [3.63, 3.8) is 0 Å². The highest BCUT2D eigenvalue weighted by molar-refractivity contribution is 7.09. The molecule has 0 saturated heterocycles. The molecule has 0 spiro atoms. The van der Waals surface area contributed by atoms with Crippen molar-refractivity contribution in [2.75, 3.05) is 7.11 Å². The molecule has 3 aromatic heterocycles. The lowest BCUT2D eigenvalue weighted by Crippen LogP contribution is -2.02. The molecule has 230 valence electrons. The maximum atomic E-state index is 9.22. The summed E-state index contributed by atoms with van der Waals surface area (Å²) in [6, 6.07) is 24.9. The first-order chi connectivity index (χ1) is 22.5. The summed E-state index contributed by atoms with van der Waals surface area (Å²) in [4.78, 5) is 9.24. The van der Waals surface area contributed by atoms with Crippen LogP contribution >= 0.6 is 11.3 Å². The normalized spacial score (nSPS) is 11.1. The summed E-state index contributed by atoms with van der Waals surface area (Å²) in [5, 5.41) is 17.1.